The van der Waals surface area contributed by atoms with E-state index in [-0.39, 0.29) is 36.1 Å². The minimum Gasteiger partial charge on any atom is -0.491 e. The summed E-state index contributed by atoms with van der Waals surface area (Å²) >= 11 is 7.70. The number of rotatable bonds is 6. The molecule has 0 saturated heterocycles. The van der Waals surface area contributed by atoms with Gasteiger partial charge in [0, 0.05) is 28.0 Å². The van der Waals surface area contributed by atoms with Gasteiger partial charge in [-0.25, -0.2) is 4.79 Å². The van der Waals surface area contributed by atoms with E-state index in [0.29, 0.717) is 23.9 Å². The fourth-order valence-corrected chi connectivity index (χ4v) is 5.02. The fourth-order valence-electron chi connectivity index (χ4n) is 3.96. The van der Waals surface area contributed by atoms with Crippen LogP contribution in [0.4, 0.5) is 4.79 Å². The zero-order chi connectivity index (χ0) is 22.9. The standard InChI is InChI=1S/C24H30ClN3O3S/c1-24(2,3)26-23(30)28(17-6-7-17)14-22(29)27-12-10-21-19(11-13-32-21)20(27)15-31-18-8-4-16(25)5-9-18/h4-5,8-9,11,13,17,20H,6-7,10,12,14-15H2,1-3H3,(H,26,30)/t20-/m0/s1. The van der Waals surface area contributed by atoms with Crippen LogP contribution in [0.5, 0.6) is 5.75 Å². The summed E-state index contributed by atoms with van der Waals surface area (Å²) in [6, 6.07) is 9.12. The number of carbonyl (C=O) groups is 2. The molecule has 1 aliphatic heterocycles. The molecular weight excluding hydrogens is 446 g/mol. The summed E-state index contributed by atoms with van der Waals surface area (Å²) in [5, 5.41) is 5.73. The average molecular weight is 476 g/mol. The molecular formula is C24H30ClN3O3S. The van der Waals surface area contributed by atoms with Crippen molar-refractivity contribution in [3.63, 3.8) is 0 Å². The van der Waals surface area contributed by atoms with Crippen molar-refractivity contribution >= 4 is 34.9 Å². The Morgan fingerprint density at radius 1 is 1.22 bits per heavy atom. The van der Waals surface area contributed by atoms with Crippen molar-refractivity contribution in [1.82, 2.24) is 15.1 Å². The highest BCUT2D eigenvalue weighted by Gasteiger charge is 2.38. The first kappa shape index (κ1) is 22.9. The zero-order valence-electron chi connectivity index (χ0n) is 18.8. The number of nitrogens with one attached hydrogen (secondary N) is 1. The smallest absolute Gasteiger partial charge is 0.318 e. The highest BCUT2D eigenvalue weighted by molar-refractivity contribution is 7.10. The molecule has 4 rings (SSSR count). The minimum absolute atomic E-state index is 0.0393. The number of ether oxygens (including phenoxy) is 1. The second-order valence-electron chi connectivity index (χ2n) is 9.46. The minimum atomic E-state index is -0.348. The van der Waals surface area contributed by atoms with Crippen LogP contribution < -0.4 is 10.1 Å². The van der Waals surface area contributed by atoms with Gasteiger partial charge in [-0.1, -0.05) is 11.6 Å². The lowest BCUT2D eigenvalue weighted by atomic mass is 10.0. The van der Waals surface area contributed by atoms with E-state index in [9.17, 15) is 9.59 Å². The first-order valence-corrected chi connectivity index (χ1v) is 12.3. The Morgan fingerprint density at radius 3 is 2.59 bits per heavy atom. The van der Waals surface area contributed by atoms with E-state index in [1.165, 1.54) is 4.88 Å². The van der Waals surface area contributed by atoms with Crippen LogP contribution in [-0.2, 0) is 11.2 Å². The number of thiophene rings is 1. The Labute approximate surface area is 198 Å². The molecule has 1 aromatic carbocycles. The van der Waals surface area contributed by atoms with E-state index in [1.54, 1.807) is 28.4 Å². The molecule has 1 aliphatic carbocycles. The molecule has 0 spiro atoms. The topological polar surface area (TPSA) is 61.9 Å². The normalized spacial score (nSPS) is 18.1. The van der Waals surface area contributed by atoms with Crippen LogP contribution in [0.25, 0.3) is 0 Å². The molecule has 6 nitrogen and oxygen atoms in total. The van der Waals surface area contributed by atoms with Gasteiger partial charge in [0.15, 0.2) is 0 Å². The second-order valence-corrected chi connectivity index (χ2v) is 10.9. The molecule has 1 fully saturated rings. The van der Waals surface area contributed by atoms with Gasteiger partial charge in [-0.15, -0.1) is 11.3 Å². The third-order valence-electron chi connectivity index (χ3n) is 5.67. The lowest BCUT2D eigenvalue weighted by Gasteiger charge is -2.37. The number of hydrogen-bond donors (Lipinski definition) is 1. The molecule has 2 heterocycles. The number of carbonyl (C=O) groups excluding carboxylic acids is 2. The van der Waals surface area contributed by atoms with Gasteiger partial charge < -0.3 is 19.9 Å². The van der Waals surface area contributed by atoms with E-state index in [1.807, 2.05) is 37.8 Å². The number of benzene rings is 1. The van der Waals surface area contributed by atoms with Gasteiger partial charge in [0.2, 0.25) is 5.91 Å². The SMILES string of the molecule is CC(C)(C)NC(=O)N(CC(=O)N1CCc2sccc2[C@@H]1COc1ccc(Cl)cc1)C1CC1. The van der Waals surface area contributed by atoms with Gasteiger partial charge in [0.05, 0.1) is 6.04 Å². The van der Waals surface area contributed by atoms with E-state index in [4.69, 9.17) is 16.3 Å². The third kappa shape index (κ3) is 5.56. The van der Waals surface area contributed by atoms with Crippen molar-refractivity contribution in [2.75, 3.05) is 19.7 Å². The molecule has 2 aromatic rings. The second kappa shape index (κ2) is 9.32. The Hall–Kier alpha value is -2.25. The van der Waals surface area contributed by atoms with Gasteiger partial charge in [0.1, 0.15) is 18.9 Å². The Kier molecular flexibility index (Phi) is 6.67. The van der Waals surface area contributed by atoms with Crippen molar-refractivity contribution in [3.8, 4) is 5.75 Å². The van der Waals surface area contributed by atoms with Crippen LogP contribution in [0.3, 0.4) is 0 Å². The van der Waals surface area contributed by atoms with Crippen LogP contribution in [-0.4, -0.2) is 53.0 Å². The average Bonchev–Trinajstić information content (AvgIpc) is 3.45. The van der Waals surface area contributed by atoms with Gasteiger partial charge in [0.25, 0.3) is 0 Å². The molecule has 1 atom stereocenters. The van der Waals surface area contributed by atoms with Crippen LogP contribution in [0.1, 0.15) is 50.1 Å². The highest BCUT2D eigenvalue weighted by atomic mass is 35.5. The summed E-state index contributed by atoms with van der Waals surface area (Å²) in [6.07, 6.45) is 2.72. The third-order valence-corrected chi connectivity index (χ3v) is 6.92. The fraction of sp³-hybridized carbons (Fsp3) is 0.500. The molecule has 1 N–H and O–H groups in total. The van der Waals surface area contributed by atoms with Gasteiger partial charge in [-0.2, -0.15) is 0 Å². The molecule has 0 unspecified atom stereocenters. The lowest BCUT2D eigenvalue weighted by molar-refractivity contribution is -0.135. The monoisotopic (exact) mass is 475 g/mol. The number of amides is 3. The van der Waals surface area contributed by atoms with Crippen molar-refractivity contribution in [2.45, 2.75) is 57.7 Å². The van der Waals surface area contributed by atoms with Crippen LogP contribution in [0.15, 0.2) is 35.7 Å². The van der Waals surface area contributed by atoms with Gasteiger partial charge >= 0.3 is 6.03 Å². The molecule has 8 heteroatoms. The Morgan fingerprint density at radius 2 is 1.94 bits per heavy atom. The number of fused-ring (bicyclic) bond motifs is 1. The molecule has 1 saturated carbocycles. The summed E-state index contributed by atoms with van der Waals surface area (Å²) in [4.78, 5) is 31.2. The number of halogens is 1. The van der Waals surface area contributed by atoms with E-state index in [2.05, 4.69) is 16.8 Å². The Bertz CT molecular complexity index is 966. The summed E-state index contributed by atoms with van der Waals surface area (Å²) in [5.41, 5.74) is 0.791. The first-order valence-electron chi connectivity index (χ1n) is 11.0. The largest absolute Gasteiger partial charge is 0.491 e. The Balaban J connectivity index is 1.48. The zero-order valence-corrected chi connectivity index (χ0v) is 20.3. The summed E-state index contributed by atoms with van der Waals surface area (Å²) < 4.78 is 6.04. The maximum Gasteiger partial charge on any atom is 0.318 e. The molecule has 1 aromatic heterocycles. The van der Waals surface area contributed by atoms with Crippen LogP contribution >= 0.6 is 22.9 Å². The molecule has 0 bridgehead atoms. The summed E-state index contributed by atoms with van der Waals surface area (Å²) in [7, 11) is 0. The molecule has 0 radical (unpaired) electrons. The molecule has 2 aliphatic rings. The predicted molar refractivity (Wildman–Crippen MR) is 127 cm³/mol. The van der Waals surface area contributed by atoms with Gasteiger partial charge in [-0.3, -0.25) is 4.79 Å². The van der Waals surface area contributed by atoms with E-state index in [0.717, 1.165) is 24.8 Å². The van der Waals surface area contributed by atoms with Crippen LogP contribution in [0.2, 0.25) is 5.02 Å². The van der Waals surface area contributed by atoms with E-state index >= 15 is 0 Å². The van der Waals surface area contributed by atoms with E-state index < -0.39 is 0 Å². The predicted octanol–water partition coefficient (Wildman–Crippen LogP) is 4.88. The summed E-state index contributed by atoms with van der Waals surface area (Å²) in [6.45, 7) is 6.92. The number of urea groups is 1. The maximum absolute atomic E-state index is 13.4. The van der Waals surface area contributed by atoms with Crippen molar-refractivity contribution in [2.24, 2.45) is 0 Å². The number of nitrogens with zero attached hydrogens (tertiary/aromatic N) is 2. The first-order chi connectivity index (χ1) is 15.2. The van der Waals surface area contributed by atoms with Gasteiger partial charge in [-0.05, 0) is 81.3 Å². The molecule has 172 valence electrons. The summed E-state index contributed by atoms with van der Waals surface area (Å²) in [5.74, 6) is 0.677. The lowest BCUT2D eigenvalue weighted by Crippen LogP contribution is -2.53. The van der Waals surface area contributed by atoms with Crippen molar-refractivity contribution in [3.05, 3.63) is 51.2 Å². The number of hydrogen-bond acceptors (Lipinski definition) is 4. The highest BCUT2D eigenvalue weighted by Crippen LogP contribution is 2.35. The quantitative estimate of drug-likeness (QED) is 0.647. The maximum atomic E-state index is 13.4. The molecule has 3 amide bonds. The van der Waals surface area contributed by atoms with Crippen LogP contribution in [0, 0.1) is 0 Å². The molecule has 32 heavy (non-hydrogen) atoms. The van der Waals surface area contributed by atoms with Crippen molar-refractivity contribution < 1.29 is 14.3 Å². The van der Waals surface area contributed by atoms with Crippen molar-refractivity contribution in [1.29, 1.82) is 0 Å².